The van der Waals surface area contributed by atoms with Gasteiger partial charge in [-0.15, -0.1) is 0 Å². The molecule has 1 saturated heterocycles. The molecule has 1 N–H and O–H groups in total. The van der Waals surface area contributed by atoms with E-state index < -0.39 is 0 Å². The molecule has 3 heterocycles. The van der Waals surface area contributed by atoms with Crippen LogP contribution in [0.5, 0.6) is 0 Å². The lowest BCUT2D eigenvalue weighted by molar-refractivity contribution is -0.117. The fraction of sp³-hybridized carbons (Fsp3) is 0.172. The van der Waals surface area contributed by atoms with Gasteiger partial charge in [0.25, 0.3) is 0 Å². The minimum Gasteiger partial charge on any atom is -0.348 e. The van der Waals surface area contributed by atoms with E-state index in [0.717, 1.165) is 46.6 Å². The Morgan fingerprint density at radius 3 is 2.56 bits per heavy atom. The fourth-order valence-corrected chi connectivity index (χ4v) is 4.27. The number of hydrogen-bond acceptors (Lipinski definition) is 4. The first-order valence-electron chi connectivity index (χ1n) is 12.0. The molecule has 1 aliphatic rings. The Labute approximate surface area is 210 Å². The Hall–Kier alpha value is -4.52. The molecule has 7 nitrogen and oxygen atoms in total. The average molecular weight is 478 g/mol. The van der Waals surface area contributed by atoms with Gasteiger partial charge in [-0.3, -0.25) is 19.3 Å². The van der Waals surface area contributed by atoms with Crippen molar-refractivity contribution in [2.45, 2.75) is 25.9 Å². The molecule has 2 amide bonds. The van der Waals surface area contributed by atoms with E-state index in [4.69, 9.17) is 5.10 Å². The summed E-state index contributed by atoms with van der Waals surface area (Å²) >= 11 is 0. The zero-order chi connectivity index (χ0) is 24.7. The van der Waals surface area contributed by atoms with E-state index in [1.54, 1.807) is 18.5 Å². The van der Waals surface area contributed by atoms with Crippen molar-refractivity contribution in [2.75, 3.05) is 11.4 Å². The Morgan fingerprint density at radius 2 is 1.83 bits per heavy atom. The van der Waals surface area contributed by atoms with Crippen LogP contribution in [0.1, 0.15) is 29.5 Å². The zero-order valence-corrected chi connectivity index (χ0v) is 19.9. The quantitative estimate of drug-likeness (QED) is 0.380. The maximum atomic E-state index is 12.6. The summed E-state index contributed by atoms with van der Waals surface area (Å²) in [5, 5.41) is 7.69. The van der Waals surface area contributed by atoms with Gasteiger partial charge in [0.1, 0.15) is 5.69 Å². The van der Waals surface area contributed by atoms with Crippen LogP contribution in [0.25, 0.3) is 17.3 Å². The zero-order valence-electron chi connectivity index (χ0n) is 19.9. The number of carbonyl (C=O) groups is 2. The molecule has 7 heteroatoms. The molecule has 36 heavy (non-hydrogen) atoms. The highest BCUT2D eigenvalue weighted by Gasteiger charge is 2.21. The second-order valence-corrected chi connectivity index (χ2v) is 8.72. The number of rotatable bonds is 8. The third-order valence-electron chi connectivity index (χ3n) is 6.11. The van der Waals surface area contributed by atoms with Crippen LogP contribution >= 0.6 is 0 Å². The van der Waals surface area contributed by atoms with Gasteiger partial charge in [-0.2, -0.15) is 5.10 Å². The summed E-state index contributed by atoms with van der Waals surface area (Å²) in [6, 6.07) is 21.7. The van der Waals surface area contributed by atoms with Crippen molar-refractivity contribution < 1.29 is 9.59 Å². The Bertz CT molecular complexity index is 1360. The smallest absolute Gasteiger partial charge is 0.244 e. The van der Waals surface area contributed by atoms with Gasteiger partial charge in [0.2, 0.25) is 11.8 Å². The Kier molecular flexibility index (Phi) is 6.98. The van der Waals surface area contributed by atoms with Crippen molar-refractivity contribution >= 4 is 23.6 Å². The first-order valence-corrected chi connectivity index (χ1v) is 12.0. The molecule has 0 saturated carbocycles. The molecule has 180 valence electrons. The second kappa shape index (κ2) is 10.8. The summed E-state index contributed by atoms with van der Waals surface area (Å²) in [6.07, 6.45) is 10.3. The molecular weight excluding hydrogens is 450 g/mol. The summed E-state index contributed by atoms with van der Waals surface area (Å²) in [5.74, 6) is -0.0272. The van der Waals surface area contributed by atoms with E-state index in [-0.39, 0.29) is 11.8 Å². The molecule has 0 bridgehead atoms. The predicted octanol–water partition coefficient (Wildman–Crippen LogP) is 4.45. The summed E-state index contributed by atoms with van der Waals surface area (Å²) < 4.78 is 1.88. The lowest BCUT2D eigenvalue weighted by Crippen LogP contribution is -2.23. The molecule has 0 aliphatic carbocycles. The van der Waals surface area contributed by atoms with Crippen LogP contribution in [0.2, 0.25) is 0 Å². The Morgan fingerprint density at radius 1 is 1.00 bits per heavy atom. The molecule has 0 spiro atoms. The topological polar surface area (TPSA) is 80.1 Å². The third-order valence-corrected chi connectivity index (χ3v) is 6.11. The van der Waals surface area contributed by atoms with Crippen molar-refractivity contribution in [3.8, 4) is 11.3 Å². The molecule has 0 atom stereocenters. The highest BCUT2D eigenvalue weighted by atomic mass is 16.2. The predicted molar refractivity (Wildman–Crippen MR) is 140 cm³/mol. The summed E-state index contributed by atoms with van der Waals surface area (Å²) in [4.78, 5) is 30.5. The molecule has 0 unspecified atom stereocenters. The number of benzene rings is 2. The lowest BCUT2D eigenvalue weighted by atomic mass is 10.1. The second-order valence-electron chi connectivity index (χ2n) is 8.72. The van der Waals surface area contributed by atoms with Gasteiger partial charge in [-0.25, -0.2) is 0 Å². The molecule has 1 aliphatic heterocycles. The summed E-state index contributed by atoms with van der Waals surface area (Å²) in [7, 11) is 0. The minimum absolute atomic E-state index is 0.166. The van der Waals surface area contributed by atoms with E-state index in [9.17, 15) is 9.59 Å². The van der Waals surface area contributed by atoms with E-state index in [2.05, 4.69) is 22.4 Å². The molecule has 1 fully saturated rings. The number of hydrogen-bond donors (Lipinski definition) is 1. The van der Waals surface area contributed by atoms with Crippen molar-refractivity contribution in [3.05, 3.63) is 108 Å². The molecule has 2 aromatic carbocycles. The van der Waals surface area contributed by atoms with Crippen molar-refractivity contribution in [1.82, 2.24) is 20.1 Å². The third kappa shape index (κ3) is 5.58. The minimum atomic E-state index is -0.193. The number of nitrogens with zero attached hydrogens (tertiary/aromatic N) is 4. The summed E-state index contributed by atoms with van der Waals surface area (Å²) in [5.41, 5.74) is 5.53. The van der Waals surface area contributed by atoms with Gasteiger partial charge < -0.3 is 10.2 Å². The van der Waals surface area contributed by atoms with Crippen LogP contribution in [-0.2, 0) is 22.7 Å². The van der Waals surface area contributed by atoms with Crippen LogP contribution in [0.15, 0.2) is 91.4 Å². The molecule has 0 radical (unpaired) electrons. The number of amides is 2. The van der Waals surface area contributed by atoms with E-state index in [1.807, 2.05) is 70.4 Å². The normalized spacial score (nSPS) is 13.4. The Balaban J connectivity index is 1.25. The van der Waals surface area contributed by atoms with E-state index in [0.29, 0.717) is 19.5 Å². The summed E-state index contributed by atoms with van der Waals surface area (Å²) in [6.45, 7) is 1.80. The highest BCUT2D eigenvalue weighted by Crippen LogP contribution is 2.23. The number of carbonyl (C=O) groups excluding carboxylic acids is 2. The average Bonchev–Trinajstić information content (AvgIpc) is 3.53. The monoisotopic (exact) mass is 477 g/mol. The number of anilines is 1. The number of pyridine rings is 1. The van der Waals surface area contributed by atoms with Crippen LogP contribution in [0.4, 0.5) is 5.69 Å². The van der Waals surface area contributed by atoms with Crippen molar-refractivity contribution in [3.63, 3.8) is 0 Å². The molecular formula is C29H27N5O2. The van der Waals surface area contributed by atoms with E-state index >= 15 is 0 Å². The number of aromatic nitrogens is 3. The van der Waals surface area contributed by atoms with Crippen molar-refractivity contribution in [2.24, 2.45) is 0 Å². The maximum absolute atomic E-state index is 12.6. The molecule has 2 aromatic heterocycles. The molecule has 5 rings (SSSR count). The number of nitrogens with one attached hydrogen (secondary N) is 1. The first kappa shape index (κ1) is 23.2. The largest absolute Gasteiger partial charge is 0.348 e. The first-order chi connectivity index (χ1) is 17.7. The lowest BCUT2D eigenvalue weighted by Gasteiger charge is -2.15. The van der Waals surface area contributed by atoms with Gasteiger partial charge in [0.05, 0.1) is 6.54 Å². The SMILES string of the molecule is O=C(/C=C/c1cn(Cc2ccccc2)nc1-c1cccnc1)NCc1ccc(N2CCCC2=O)cc1. The van der Waals surface area contributed by atoms with Gasteiger partial charge in [0.15, 0.2) is 0 Å². The van der Waals surface area contributed by atoms with Gasteiger partial charge in [-0.1, -0.05) is 42.5 Å². The fourth-order valence-electron chi connectivity index (χ4n) is 4.27. The van der Waals surface area contributed by atoms with Gasteiger partial charge in [0, 0.05) is 61.0 Å². The van der Waals surface area contributed by atoms with Crippen LogP contribution in [0, 0.1) is 0 Å². The van der Waals surface area contributed by atoms with Gasteiger partial charge >= 0.3 is 0 Å². The molecule has 4 aromatic rings. The van der Waals surface area contributed by atoms with Gasteiger partial charge in [-0.05, 0) is 47.9 Å². The van der Waals surface area contributed by atoms with Crippen LogP contribution in [0.3, 0.4) is 0 Å². The van der Waals surface area contributed by atoms with Crippen molar-refractivity contribution in [1.29, 1.82) is 0 Å². The van der Waals surface area contributed by atoms with Crippen LogP contribution < -0.4 is 10.2 Å². The van der Waals surface area contributed by atoms with Crippen LogP contribution in [-0.4, -0.2) is 33.1 Å². The standard InChI is InChI=1S/C29H27N5O2/c35-27(31-18-22-10-13-26(14-11-22)34-17-5-9-28(34)36)15-12-25-21-33(20-23-6-2-1-3-7-23)32-29(25)24-8-4-16-30-19-24/h1-4,6-8,10-16,19,21H,5,9,17-18,20H2,(H,31,35)/b15-12+. The maximum Gasteiger partial charge on any atom is 0.244 e. The van der Waals surface area contributed by atoms with E-state index in [1.165, 1.54) is 6.08 Å². The highest BCUT2D eigenvalue weighted by molar-refractivity contribution is 5.95.